The summed E-state index contributed by atoms with van der Waals surface area (Å²) >= 11 is 0. The minimum atomic E-state index is -4.30. The highest BCUT2D eigenvalue weighted by atomic mass is 19.4. The summed E-state index contributed by atoms with van der Waals surface area (Å²) in [6.45, 7) is 0.780. The number of benzene rings is 2. The van der Waals surface area contributed by atoms with E-state index in [-0.39, 0.29) is 6.04 Å². The molecule has 21 heavy (non-hydrogen) atoms. The zero-order valence-corrected chi connectivity index (χ0v) is 11.7. The first-order valence-electron chi connectivity index (χ1n) is 6.73. The van der Waals surface area contributed by atoms with Crippen LogP contribution in [0.3, 0.4) is 0 Å². The van der Waals surface area contributed by atoms with Crippen molar-refractivity contribution < 1.29 is 17.7 Å². The summed E-state index contributed by atoms with van der Waals surface area (Å²) in [7, 11) is 6.23. The van der Waals surface area contributed by atoms with E-state index >= 15 is 0 Å². The van der Waals surface area contributed by atoms with Gasteiger partial charge in [0.15, 0.2) is 0 Å². The first kappa shape index (κ1) is 14.1. The van der Waals surface area contributed by atoms with Crippen molar-refractivity contribution in [3.05, 3.63) is 77.8 Å². The number of halogens is 3. The third kappa shape index (κ3) is 2.44. The van der Waals surface area contributed by atoms with Crippen molar-refractivity contribution >= 4 is 0 Å². The molecule has 0 N–H and O–H groups in total. The Morgan fingerprint density at radius 1 is 1.05 bits per heavy atom. The summed E-state index contributed by atoms with van der Waals surface area (Å²) in [5, 5.41) is 0. The highest BCUT2D eigenvalue weighted by molar-refractivity contribution is 5.39. The lowest BCUT2D eigenvalue weighted by Crippen LogP contribution is -2.35. The van der Waals surface area contributed by atoms with Gasteiger partial charge < -0.3 is 4.48 Å². The molecule has 0 bridgehead atoms. The molecule has 0 amide bonds. The van der Waals surface area contributed by atoms with E-state index in [4.69, 9.17) is 0 Å². The standard InChI is InChI=1S/C17H16F3N/c1-21(2)11-13-5-3-4-6-15(13)16(21)12-7-9-14(10-8-12)17(18,19)20/h3-10,16H,1,11H2,2H3. The van der Waals surface area contributed by atoms with Crippen molar-refractivity contribution in [2.75, 3.05) is 7.05 Å². The molecule has 0 aliphatic carbocycles. The molecule has 1 aliphatic rings. The molecular weight excluding hydrogens is 275 g/mol. The van der Waals surface area contributed by atoms with Gasteiger partial charge in [-0.1, -0.05) is 36.4 Å². The molecular formula is C17H16F3N. The van der Waals surface area contributed by atoms with Gasteiger partial charge in [0.1, 0.15) is 6.04 Å². The number of hydrogen-bond donors (Lipinski definition) is 0. The lowest BCUT2D eigenvalue weighted by molar-refractivity contribution is -0.897. The van der Waals surface area contributed by atoms with Crippen LogP contribution in [0.25, 0.3) is 0 Å². The Hall–Kier alpha value is -1.81. The van der Waals surface area contributed by atoms with Gasteiger partial charge in [-0.2, -0.15) is 13.2 Å². The van der Waals surface area contributed by atoms with E-state index < -0.39 is 11.7 Å². The van der Waals surface area contributed by atoms with E-state index in [1.165, 1.54) is 5.56 Å². The lowest BCUT2D eigenvalue weighted by Gasteiger charge is -2.40. The molecule has 0 fully saturated rings. The molecule has 0 saturated heterocycles. The van der Waals surface area contributed by atoms with Crippen molar-refractivity contribution in [3.63, 3.8) is 0 Å². The molecule has 0 saturated carbocycles. The summed E-state index contributed by atoms with van der Waals surface area (Å²) < 4.78 is 38.5. The molecule has 3 rings (SSSR count). The van der Waals surface area contributed by atoms with Crippen molar-refractivity contribution in [2.45, 2.75) is 18.8 Å². The maximum Gasteiger partial charge on any atom is 0.416 e. The topological polar surface area (TPSA) is 0 Å². The average molecular weight is 291 g/mol. The smallest absolute Gasteiger partial charge is 0.416 e. The number of hydrogen-bond acceptors (Lipinski definition) is 0. The van der Waals surface area contributed by atoms with Crippen LogP contribution in [-0.2, 0) is 12.7 Å². The molecule has 1 heterocycles. The second-order valence-electron chi connectivity index (χ2n) is 5.86. The predicted molar refractivity (Wildman–Crippen MR) is 75.0 cm³/mol. The number of rotatable bonds is 1. The number of alkyl halides is 3. The van der Waals surface area contributed by atoms with Crippen LogP contribution in [0, 0.1) is 7.05 Å². The second-order valence-corrected chi connectivity index (χ2v) is 5.86. The fourth-order valence-electron chi connectivity index (χ4n) is 3.15. The van der Waals surface area contributed by atoms with Crippen LogP contribution in [-0.4, -0.2) is 11.5 Å². The third-order valence-corrected chi connectivity index (χ3v) is 4.06. The summed E-state index contributed by atoms with van der Waals surface area (Å²) in [5.74, 6) is 0. The maximum absolute atomic E-state index is 12.7. The Morgan fingerprint density at radius 3 is 2.29 bits per heavy atom. The van der Waals surface area contributed by atoms with Crippen LogP contribution >= 0.6 is 0 Å². The molecule has 1 aliphatic heterocycles. The van der Waals surface area contributed by atoms with Crippen LogP contribution in [0.4, 0.5) is 13.2 Å². The van der Waals surface area contributed by atoms with E-state index in [2.05, 4.69) is 13.1 Å². The van der Waals surface area contributed by atoms with Gasteiger partial charge in [0.2, 0.25) is 0 Å². The van der Waals surface area contributed by atoms with Crippen molar-refractivity contribution in [3.8, 4) is 0 Å². The van der Waals surface area contributed by atoms with Gasteiger partial charge in [0, 0.05) is 23.7 Å². The number of nitrogens with zero attached hydrogens (tertiary/aromatic N) is 1. The largest absolute Gasteiger partial charge is 0.446 e. The zero-order valence-electron chi connectivity index (χ0n) is 11.7. The second kappa shape index (κ2) is 4.60. The van der Waals surface area contributed by atoms with Crippen LogP contribution in [0.2, 0.25) is 0 Å². The molecule has 110 valence electrons. The minimum Gasteiger partial charge on any atom is -0.446 e. The maximum atomic E-state index is 12.7. The van der Waals surface area contributed by atoms with Gasteiger partial charge in [-0.25, -0.2) is 0 Å². The van der Waals surface area contributed by atoms with Crippen molar-refractivity contribution in [2.24, 2.45) is 0 Å². The Kier molecular flexibility index (Phi) is 3.10. The van der Waals surface area contributed by atoms with Crippen LogP contribution < -0.4 is 0 Å². The number of fused-ring (bicyclic) bond motifs is 1. The van der Waals surface area contributed by atoms with E-state index in [1.807, 2.05) is 25.2 Å². The molecule has 0 spiro atoms. The van der Waals surface area contributed by atoms with Gasteiger partial charge in [-0.15, -0.1) is 7.05 Å². The van der Waals surface area contributed by atoms with E-state index in [1.54, 1.807) is 12.1 Å². The average Bonchev–Trinajstić information content (AvgIpc) is 2.67. The fourth-order valence-corrected chi connectivity index (χ4v) is 3.15. The Labute approximate surface area is 122 Å². The molecule has 2 atom stereocenters. The van der Waals surface area contributed by atoms with E-state index in [0.717, 1.165) is 29.8 Å². The molecule has 2 unspecified atom stereocenters. The highest BCUT2D eigenvalue weighted by Crippen LogP contribution is 2.43. The van der Waals surface area contributed by atoms with E-state index in [0.29, 0.717) is 4.48 Å². The first-order chi connectivity index (χ1) is 9.79. The number of quaternary nitrogens is 1. The molecule has 1 nitrogen and oxygen atoms in total. The third-order valence-electron chi connectivity index (χ3n) is 4.06. The van der Waals surface area contributed by atoms with Gasteiger partial charge in [0.05, 0.1) is 12.1 Å². The van der Waals surface area contributed by atoms with Gasteiger partial charge in [0.25, 0.3) is 0 Å². The Morgan fingerprint density at radius 2 is 1.67 bits per heavy atom. The van der Waals surface area contributed by atoms with Crippen molar-refractivity contribution in [1.29, 1.82) is 0 Å². The highest BCUT2D eigenvalue weighted by Gasteiger charge is 2.36. The SMILES string of the molecule is [CH2-][N+]1(C)Cc2ccccc2C1c1ccc(C(F)(F)F)cc1. The summed E-state index contributed by atoms with van der Waals surface area (Å²) in [6.07, 6.45) is -4.30. The lowest BCUT2D eigenvalue weighted by atomic mass is 9.96. The molecule has 2 aromatic rings. The predicted octanol–water partition coefficient (Wildman–Crippen LogP) is 4.55. The quantitative estimate of drug-likeness (QED) is 0.534. The molecule has 0 aromatic heterocycles. The zero-order chi connectivity index (χ0) is 15.3. The van der Waals surface area contributed by atoms with Crippen LogP contribution in [0.1, 0.15) is 28.3 Å². The van der Waals surface area contributed by atoms with Gasteiger partial charge in [-0.3, -0.25) is 0 Å². The summed E-state index contributed by atoms with van der Waals surface area (Å²) in [5.41, 5.74) is 2.61. The van der Waals surface area contributed by atoms with Crippen LogP contribution in [0.15, 0.2) is 48.5 Å². The Balaban J connectivity index is 2.03. The normalized spacial score (nSPS) is 24.9. The van der Waals surface area contributed by atoms with Gasteiger partial charge in [-0.05, 0) is 12.1 Å². The molecule has 4 heteroatoms. The fraction of sp³-hybridized carbons (Fsp3) is 0.235. The Bertz CT molecular complexity index is 656. The first-order valence-corrected chi connectivity index (χ1v) is 6.73. The minimum absolute atomic E-state index is 0.0246. The monoisotopic (exact) mass is 291 g/mol. The van der Waals surface area contributed by atoms with E-state index in [9.17, 15) is 13.2 Å². The summed E-state index contributed by atoms with van der Waals surface area (Å²) in [6, 6.07) is 13.4. The molecule has 2 aromatic carbocycles. The summed E-state index contributed by atoms with van der Waals surface area (Å²) in [4.78, 5) is 0. The van der Waals surface area contributed by atoms with Gasteiger partial charge >= 0.3 is 6.18 Å². The molecule has 0 radical (unpaired) electrons. The van der Waals surface area contributed by atoms with Crippen molar-refractivity contribution in [1.82, 2.24) is 0 Å². The van der Waals surface area contributed by atoms with Crippen LogP contribution in [0.5, 0.6) is 0 Å².